The molecule has 3 rings (SSSR count). The third-order valence-electron chi connectivity index (χ3n) is 4.40. The molecule has 0 aromatic heterocycles. The van der Waals surface area contributed by atoms with E-state index in [9.17, 15) is 13.2 Å². The standard InChI is InChI=1S/C22H21F3O/c1-2-3-4-5-16-6-8-17(9-7-16)18-10-11-20-15-21(26-22(23,24)25)13-12-19(20)14-18/h6-15H,2-5H2,1H3. The molecule has 1 nitrogen and oxygen atoms in total. The Balaban J connectivity index is 1.79. The van der Waals surface area contributed by atoms with E-state index in [1.165, 1.54) is 37.0 Å². The van der Waals surface area contributed by atoms with Crippen LogP contribution in [0, 0.1) is 0 Å². The van der Waals surface area contributed by atoms with Crippen molar-refractivity contribution in [1.29, 1.82) is 0 Å². The molecule has 0 atom stereocenters. The minimum Gasteiger partial charge on any atom is -0.406 e. The lowest BCUT2D eigenvalue weighted by Gasteiger charge is -2.10. The molecular formula is C22H21F3O. The zero-order chi connectivity index (χ0) is 18.6. The average molecular weight is 358 g/mol. The van der Waals surface area contributed by atoms with Crippen LogP contribution in [0.2, 0.25) is 0 Å². The van der Waals surface area contributed by atoms with Crippen LogP contribution in [0.5, 0.6) is 5.75 Å². The summed E-state index contributed by atoms with van der Waals surface area (Å²) in [5, 5.41) is 1.59. The second kappa shape index (κ2) is 7.81. The second-order valence-electron chi connectivity index (χ2n) is 6.43. The first kappa shape index (κ1) is 18.3. The first-order chi connectivity index (χ1) is 12.4. The van der Waals surface area contributed by atoms with Crippen molar-refractivity contribution in [3.63, 3.8) is 0 Å². The van der Waals surface area contributed by atoms with Gasteiger partial charge in [-0.2, -0.15) is 0 Å². The third kappa shape index (κ3) is 4.78. The van der Waals surface area contributed by atoms with E-state index in [1.54, 1.807) is 6.07 Å². The van der Waals surface area contributed by atoms with Crippen molar-refractivity contribution < 1.29 is 17.9 Å². The summed E-state index contributed by atoms with van der Waals surface area (Å²) in [7, 11) is 0. The van der Waals surface area contributed by atoms with Gasteiger partial charge in [0, 0.05) is 0 Å². The molecule has 3 aromatic rings. The molecular weight excluding hydrogens is 337 g/mol. The molecule has 0 bridgehead atoms. The van der Waals surface area contributed by atoms with Gasteiger partial charge < -0.3 is 4.74 Å². The van der Waals surface area contributed by atoms with Gasteiger partial charge in [-0.05, 0) is 58.5 Å². The lowest BCUT2D eigenvalue weighted by atomic mass is 9.99. The van der Waals surface area contributed by atoms with Crippen molar-refractivity contribution >= 4 is 10.8 Å². The van der Waals surface area contributed by atoms with Crippen LogP contribution in [-0.4, -0.2) is 6.36 Å². The molecule has 4 heteroatoms. The van der Waals surface area contributed by atoms with E-state index in [2.05, 4.69) is 35.9 Å². The molecule has 3 aromatic carbocycles. The SMILES string of the molecule is CCCCCc1ccc(-c2ccc3cc(OC(F)(F)F)ccc3c2)cc1. The summed E-state index contributed by atoms with van der Waals surface area (Å²) in [5.41, 5.74) is 3.47. The van der Waals surface area contributed by atoms with Crippen LogP contribution in [0.4, 0.5) is 13.2 Å². The Morgan fingerprint density at radius 2 is 1.42 bits per heavy atom. The van der Waals surface area contributed by atoms with E-state index < -0.39 is 6.36 Å². The zero-order valence-electron chi connectivity index (χ0n) is 14.6. The lowest BCUT2D eigenvalue weighted by Crippen LogP contribution is -2.16. The molecule has 0 spiro atoms. The predicted molar refractivity (Wildman–Crippen MR) is 99.3 cm³/mol. The maximum atomic E-state index is 12.3. The number of fused-ring (bicyclic) bond motifs is 1. The summed E-state index contributed by atoms with van der Waals surface area (Å²) in [6.07, 6.45) is 0.0752. The molecule has 0 unspecified atom stereocenters. The Kier molecular flexibility index (Phi) is 5.50. The lowest BCUT2D eigenvalue weighted by molar-refractivity contribution is -0.274. The van der Waals surface area contributed by atoms with Crippen molar-refractivity contribution in [3.05, 3.63) is 66.2 Å². The topological polar surface area (TPSA) is 9.23 Å². The monoisotopic (exact) mass is 358 g/mol. The van der Waals surface area contributed by atoms with Gasteiger partial charge in [-0.25, -0.2) is 0 Å². The van der Waals surface area contributed by atoms with E-state index in [-0.39, 0.29) is 5.75 Å². The quantitative estimate of drug-likeness (QED) is 0.426. The maximum absolute atomic E-state index is 12.3. The summed E-state index contributed by atoms with van der Waals surface area (Å²) in [4.78, 5) is 0. The Labute approximate surface area is 151 Å². The van der Waals surface area contributed by atoms with Gasteiger partial charge in [0.05, 0.1) is 0 Å². The minimum atomic E-state index is -4.67. The van der Waals surface area contributed by atoms with E-state index in [1.807, 2.05) is 18.2 Å². The van der Waals surface area contributed by atoms with Gasteiger partial charge in [-0.3, -0.25) is 0 Å². The van der Waals surface area contributed by atoms with Crippen LogP contribution in [0.3, 0.4) is 0 Å². The number of hydrogen-bond acceptors (Lipinski definition) is 1. The molecule has 0 fully saturated rings. The minimum absolute atomic E-state index is 0.200. The van der Waals surface area contributed by atoms with Crippen LogP contribution in [-0.2, 0) is 6.42 Å². The van der Waals surface area contributed by atoms with E-state index in [0.29, 0.717) is 5.39 Å². The highest BCUT2D eigenvalue weighted by Gasteiger charge is 2.31. The largest absolute Gasteiger partial charge is 0.573 e. The highest BCUT2D eigenvalue weighted by molar-refractivity contribution is 5.88. The highest BCUT2D eigenvalue weighted by Crippen LogP contribution is 2.29. The molecule has 0 N–H and O–H groups in total. The van der Waals surface area contributed by atoms with Gasteiger partial charge in [0.15, 0.2) is 0 Å². The smallest absolute Gasteiger partial charge is 0.406 e. The molecule has 0 radical (unpaired) electrons. The van der Waals surface area contributed by atoms with Crippen LogP contribution in [0.1, 0.15) is 31.7 Å². The Bertz CT molecular complexity index is 867. The van der Waals surface area contributed by atoms with Crippen molar-refractivity contribution in [2.45, 2.75) is 39.0 Å². The van der Waals surface area contributed by atoms with Gasteiger partial charge in [-0.15, -0.1) is 13.2 Å². The highest BCUT2D eigenvalue weighted by atomic mass is 19.4. The zero-order valence-corrected chi connectivity index (χ0v) is 14.6. The predicted octanol–water partition coefficient (Wildman–Crippen LogP) is 7.14. The number of benzene rings is 3. The first-order valence-corrected chi connectivity index (χ1v) is 8.83. The molecule has 0 aliphatic heterocycles. The number of unbranched alkanes of at least 4 members (excludes halogenated alkanes) is 2. The van der Waals surface area contributed by atoms with Gasteiger partial charge in [0.1, 0.15) is 5.75 Å². The molecule has 0 saturated carbocycles. The molecule has 26 heavy (non-hydrogen) atoms. The van der Waals surface area contributed by atoms with Crippen molar-refractivity contribution in [3.8, 4) is 16.9 Å². The summed E-state index contributed by atoms with van der Waals surface area (Å²) in [5.74, 6) is -0.200. The normalized spacial score (nSPS) is 11.7. The molecule has 0 heterocycles. The van der Waals surface area contributed by atoms with Gasteiger partial charge in [0.2, 0.25) is 0 Å². The fourth-order valence-electron chi connectivity index (χ4n) is 3.04. The molecule has 136 valence electrons. The van der Waals surface area contributed by atoms with Crippen LogP contribution >= 0.6 is 0 Å². The summed E-state index contributed by atoms with van der Waals surface area (Å²) < 4.78 is 41.0. The van der Waals surface area contributed by atoms with E-state index in [0.717, 1.165) is 22.9 Å². The fraction of sp³-hybridized carbons (Fsp3) is 0.273. The summed E-state index contributed by atoms with van der Waals surface area (Å²) in [6, 6.07) is 18.6. The molecule has 0 aliphatic carbocycles. The van der Waals surface area contributed by atoms with Gasteiger partial charge in [0.25, 0.3) is 0 Å². The maximum Gasteiger partial charge on any atom is 0.573 e. The average Bonchev–Trinajstić information content (AvgIpc) is 2.61. The first-order valence-electron chi connectivity index (χ1n) is 8.83. The molecule has 0 amide bonds. The number of halogens is 3. The van der Waals surface area contributed by atoms with Crippen molar-refractivity contribution in [2.24, 2.45) is 0 Å². The number of hydrogen-bond donors (Lipinski definition) is 0. The molecule has 0 aliphatic rings. The number of rotatable bonds is 6. The van der Waals surface area contributed by atoms with E-state index in [4.69, 9.17) is 0 Å². The third-order valence-corrected chi connectivity index (χ3v) is 4.40. The van der Waals surface area contributed by atoms with Crippen molar-refractivity contribution in [2.75, 3.05) is 0 Å². The summed E-state index contributed by atoms with van der Waals surface area (Å²) >= 11 is 0. The van der Waals surface area contributed by atoms with E-state index >= 15 is 0 Å². The Morgan fingerprint density at radius 1 is 0.769 bits per heavy atom. The second-order valence-corrected chi connectivity index (χ2v) is 6.43. The summed E-state index contributed by atoms with van der Waals surface area (Å²) in [6.45, 7) is 2.20. The van der Waals surface area contributed by atoms with Crippen LogP contribution in [0.15, 0.2) is 60.7 Å². The Hall–Kier alpha value is -2.49. The number of aryl methyl sites for hydroxylation is 1. The molecule has 0 saturated heterocycles. The van der Waals surface area contributed by atoms with Crippen molar-refractivity contribution in [1.82, 2.24) is 0 Å². The number of ether oxygens (including phenoxy) is 1. The Morgan fingerprint density at radius 3 is 2.12 bits per heavy atom. The van der Waals surface area contributed by atoms with Crippen LogP contribution < -0.4 is 4.74 Å². The van der Waals surface area contributed by atoms with Gasteiger partial charge in [-0.1, -0.05) is 62.2 Å². The van der Waals surface area contributed by atoms with Gasteiger partial charge >= 0.3 is 6.36 Å². The van der Waals surface area contributed by atoms with Crippen LogP contribution in [0.25, 0.3) is 21.9 Å². The number of alkyl halides is 3. The fourth-order valence-corrected chi connectivity index (χ4v) is 3.04.